The van der Waals surface area contributed by atoms with Crippen molar-refractivity contribution in [3.8, 4) is 5.75 Å². The minimum atomic E-state index is -0.522. The molecule has 0 radical (unpaired) electrons. The van der Waals surface area contributed by atoms with Crippen molar-refractivity contribution in [2.24, 2.45) is 0 Å². The molecule has 4 nitrogen and oxygen atoms in total. The number of hydrogen-bond acceptors (Lipinski definition) is 3. The molecule has 0 saturated carbocycles. The minimum absolute atomic E-state index is 0.109. The maximum atomic E-state index is 11.7. The number of anilines is 1. The highest BCUT2D eigenvalue weighted by atomic mass is 16.5. The zero-order chi connectivity index (χ0) is 12.8. The highest BCUT2D eigenvalue weighted by Crippen LogP contribution is 2.16. The summed E-state index contributed by atoms with van der Waals surface area (Å²) >= 11 is 0. The number of rotatable bonds is 5. The Morgan fingerprint density at radius 1 is 1.47 bits per heavy atom. The van der Waals surface area contributed by atoms with Crippen LogP contribution in [0.15, 0.2) is 24.3 Å². The molecule has 0 aliphatic carbocycles. The molecule has 3 N–H and O–H groups in total. The highest BCUT2D eigenvalue weighted by Gasteiger charge is 2.15. The predicted octanol–water partition coefficient (Wildman–Crippen LogP) is 1.95. The summed E-state index contributed by atoms with van der Waals surface area (Å²) in [6.45, 7) is 5.71. The van der Waals surface area contributed by atoms with Gasteiger partial charge in [-0.05, 0) is 32.4 Å². The van der Waals surface area contributed by atoms with Crippen molar-refractivity contribution in [1.82, 2.24) is 5.32 Å². The van der Waals surface area contributed by atoms with Crippen molar-refractivity contribution in [3.05, 3.63) is 24.3 Å². The Bertz CT molecular complexity index is 379. The van der Waals surface area contributed by atoms with Crippen molar-refractivity contribution >= 4 is 11.6 Å². The molecule has 0 fully saturated rings. The summed E-state index contributed by atoms with van der Waals surface area (Å²) in [4.78, 5) is 11.7. The van der Waals surface area contributed by atoms with E-state index in [1.165, 1.54) is 0 Å². The van der Waals surface area contributed by atoms with Gasteiger partial charge in [0.2, 0.25) is 0 Å². The number of benzene rings is 1. The van der Waals surface area contributed by atoms with Crippen LogP contribution in [0, 0.1) is 0 Å². The van der Waals surface area contributed by atoms with E-state index >= 15 is 0 Å². The van der Waals surface area contributed by atoms with Crippen LogP contribution in [0.4, 0.5) is 5.69 Å². The molecule has 0 bridgehead atoms. The fraction of sp³-hybridized carbons (Fsp3) is 0.462. The van der Waals surface area contributed by atoms with Crippen molar-refractivity contribution in [2.45, 2.75) is 39.3 Å². The molecule has 1 aromatic rings. The molecule has 1 amide bonds. The first-order valence-corrected chi connectivity index (χ1v) is 5.85. The lowest BCUT2D eigenvalue weighted by Gasteiger charge is -2.17. The van der Waals surface area contributed by atoms with Gasteiger partial charge >= 0.3 is 0 Å². The van der Waals surface area contributed by atoms with E-state index in [9.17, 15) is 4.79 Å². The van der Waals surface area contributed by atoms with Gasteiger partial charge in [-0.3, -0.25) is 4.79 Å². The van der Waals surface area contributed by atoms with Gasteiger partial charge in [0.25, 0.3) is 5.91 Å². The third kappa shape index (κ3) is 4.34. The van der Waals surface area contributed by atoms with Gasteiger partial charge < -0.3 is 15.8 Å². The van der Waals surface area contributed by atoms with E-state index in [1.807, 2.05) is 13.8 Å². The molecular formula is C13H20N2O2. The molecule has 0 aliphatic heterocycles. The number of amides is 1. The summed E-state index contributed by atoms with van der Waals surface area (Å²) in [5, 5.41) is 2.87. The average molecular weight is 236 g/mol. The summed E-state index contributed by atoms with van der Waals surface area (Å²) < 4.78 is 5.51. The summed E-state index contributed by atoms with van der Waals surface area (Å²) in [5.74, 6) is 0.499. The molecule has 94 valence electrons. The maximum Gasteiger partial charge on any atom is 0.260 e. The third-order valence-corrected chi connectivity index (χ3v) is 2.54. The van der Waals surface area contributed by atoms with Crippen LogP contribution in [0.25, 0.3) is 0 Å². The number of nitrogens with two attached hydrogens (primary N) is 1. The summed E-state index contributed by atoms with van der Waals surface area (Å²) in [6.07, 6.45) is 0.377. The molecule has 0 spiro atoms. The van der Waals surface area contributed by atoms with Gasteiger partial charge in [-0.15, -0.1) is 0 Å². The van der Waals surface area contributed by atoms with E-state index in [1.54, 1.807) is 31.2 Å². The van der Waals surface area contributed by atoms with Crippen LogP contribution < -0.4 is 15.8 Å². The summed E-state index contributed by atoms with van der Waals surface area (Å²) in [5.41, 5.74) is 6.25. The molecule has 0 unspecified atom stereocenters. The van der Waals surface area contributed by atoms with Gasteiger partial charge in [-0.2, -0.15) is 0 Å². The first-order valence-electron chi connectivity index (χ1n) is 5.85. The highest BCUT2D eigenvalue weighted by molar-refractivity contribution is 5.81. The second-order valence-electron chi connectivity index (χ2n) is 4.15. The molecule has 17 heavy (non-hydrogen) atoms. The number of nitrogen functional groups attached to an aromatic ring is 1. The number of carbonyl (C=O) groups is 1. The Hall–Kier alpha value is -1.71. The predicted molar refractivity (Wildman–Crippen MR) is 68.8 cm³/mol. The van der Waals surface area contributed by atoms with E-state index in [4.69, 9.17) is 10.5 Å². The number of ether oxygens (including phenoxy) is 1. The topological polar surface area (TPSA) is 64.3 Å². The fourth-order valence-electron chi connectivity index (χ4n) is 1.31. The van der Waals surface area contributed by atoms with E-state index in [0.29, 0.717) is 11.4 Å². The standard InChI is InChI=1S/C13H20N2O2/c1-4-9(2)15-13(16)10(3)17-12-7-5-6-11(14)8-12/h5-10H,4,14H2,1-3H3,(H,15,16)/t9-,10-/m1/s1. The van der Waals surface area contributed by atoms with Crippen LogP contribution in [-0.4, -0.2) is 18.1 Å². The second kappa shape index (κ2) is 6.13. The lowest BCUT2D eigenvalue weighted by atomic mass is 10.2. The molecular weight excluding hydrogens is 216 g/mol. The van der Waals surface area contributed by atoms with Crippen LogP contribution in [0.1, 0.15) is 27.2 Å². The van der Waals surface area contributed by atoms with Gasteiger partial charge in [-0.1, -0.05) is 13.0 Å². The third-order valence-electron chi connectivity index (χ3n) is 2.54. The van der Waals surface area contributed by atoms with E-state index < -0.39 is 6.10 Å². The van der Waals surface area contributed by atoms with Crippen molar-refractivity contribution < 1.29 is 9.53 Å². The molecule has 1 aromatic carbocycles. The molecule has 0 aromatic heterocycles. The number of nitrogens with one attached hydrogen (secondary N) is 1. The molecule has 1 rings (SSSR count). The lowest BCUT2D eigenvalue weighted by Crippen LogP contribution is -2.40. The molecule has 2 atom stereocenters. The van der Waals surface area contributed by atoms with Gasteiger partial charge in [0.15, 0.2) is 6.10 Å². The van der Waals surface area contributed by atoms with Crippen molar-refractivity contribution in [2.75, 3.05) is 5.73 Å². The zero-order valence-corrected chi connectivity index (χ0v) is 10.6. The molecule has 0 heterocycles. The number of carbonyl (C=O) groups excluding carboxylic acids is 1. The molecule has 0 saturated heterocycles. The van der Waals surface area contributed by atoms with Gasteiger partial charge in [-0.25, -0.2) is 0 Å². The summed E-state index contributed by atoms with van der Waals surface area (Å²) in [6, 6.07) is 7.21. The minimum Gasteiger partial charge on any atom is -0.481 e. The van der Waals surface area contributed by atoms with E-state index in [-0.39, 0.29) is 11.9 Å². The van der Waals surface area contributed by atoms with Crippen LogP contribution in [-0.2, 0) is 4.79 Å². The van der Waals surface area contributed by atoms with Crippen LogP contribution in [0.5, 0.6) is 5.75 Å². The Balaban J connectivity index is 2.54. The Kier molecular flexibility index (Phi) is 4.82. The number of hydrogen-bond donors (Lipinski definition) is 2. The monoisotopic (exact) mass is 236 g/mol. The Morgan fingerprint density at radius 3 is 2.76 bits per heavy atom. The smallest absolute Gasteiger partial charge is 0.260 e. The normalized spacial score (nSPS) is 13.8. The molecule has 0 aliphatic rings. The second-order valence-corrected chi connectivity index (χ2v) is 4.15. The lowest BCUT2D eigenvalue weighted by molar-refractivity contribution is -0.127. The van der Waals surface area contributed by atoms with Gasteiger partial charge in [0.1, 0.15) is 5.75 Å². The van der Waals surface area contributed by atoms with Crippen LogP contribution in [0.2, 0.25) is 0 Å². The average Bonchev–Trinajstić information content (AvgIpc) is 2.28. The fourth-order valence-corrected chi connectivity index (χ4v) is 1.31. The maximum absolute atomic E-state index is 11.7. The Labute approximate surface area is 102 Å². The van der Waals surface area contributed by atoms with E-state index in [0.717, 1.165) is 6.42 Å². The van der Waals surface area contributed by atoms with Crippen molar-refractivity contribution in [1.29, 1.82) is 0 Å². The quantitative estimate of drug-likeness (QED) is 0.768. The first kappa shape index (κ1) is 13.4. The van der Waals surface area contributed by atoms with Crippen LogP contribution in [0.3, 0.4) is 0 Å². The van der Waals surface area contributed by atoms with Gasteiger partial charge in [0.05, 0.1) is 0 Å². The largest absolute Gasteiger partial charge is 0.481 e. The summed E-state index contributed by atoms with van der Waals surface area (Å²) in [7, 11) is 0. The van der Waals surface area contributed by atoms with Crippen molar-refractivity contribution in [3.63, 3.8) is 0 Å². The zero-order valence-electron chi connectivity index (χ0n) is 10.6. The van der Waals surface area contributed by atoms with E-state index in [2.05, 4.69) is 5.32 Å². The first-order chi connectivity index (χ1) is 8.02. The molecule has 4 heteroatoms. The van der Waals surface area contributed by atoms with Crippen LogP contribution >= 0.6 is 0 Å². The Morgan fingerprint density at radius 2 is 2.18 bits per heavy atom. The SMILES string of the molecule is CC[C@@H](C)NC(=O)[C@@H](C)Oc1cccc(N)c1. The van der Waals surface area contributed by atoms with Gasteiger partial charge in [0, 0.05) is 17.8 Å².